The summed E-state index contributed by atoms with van der Waals surface area (Å²) in [6.07, 6.45) is 2.93. The summed E-state index contributed by atoms with van der Waals surface area (Å²) in [4.78, 5) is 35.1. The van der Waals surface area contributed by atoms with Crippen molar-refractivity contribution in [1.82, 2.24) is 10.6 Å². The number of carbonyl (C=O) groups excluding carboxylic acids is 3. The predicted octanol–water partition coefficient (Wildman–Crippen LogP) is 2.99. The van der Waals surface area contributed by atoms with Gasteiger partial charge in [-0.3, -0.25) is 14.4 Å². The van der Waals surface area contributed by atoms with E-state index in [9.17, 15) is 27.6 Å². The molecule has 29 heavy (non-hydrogen) atoms. The van der Waals surface area contributed by atoms with Crippen molar-refractivity contribution >= 4 is 17.8 Å². The van der Waals surface area contributed by atoms with Crippen LogP contribution in [0.3, 0.4) is 0 Å². The summed E-state index contributed by atoms with van der Waals surface area (Å²) in [6.45, 7) is -0.499. The molecule has 2 rings (SSSR count). The number of benzene rings is 1. The lowest BCUT2D eigenvalue weighted by Crippen LogP contribution is -2.34. The molecule has 0 spiro atoms. The van der Waals surface area contributed by atoms with Crippen molar-refractivity contribution in [2.45, 2.75) is 38.3 Å². The van der Waals surface area contributed by atoms with Crippen molar-refractivity contribution < 1.29 is 32.3 Å². The van der Waals surface area contributed by atoms with Crippen molar-refractivity contribution in [3.05, 3.63) is 47.0 Å². The first-order valence-electron chi connectivity index (χ1n) is 9.31. The van der Waals surface area contributed by atoms with Crippen LogP contribution in [0, 0.1) is 0 Å². The number of alkyl halides is 3. The molecular formula is C20H23F3N2O4. The second-order valence-electron chi connectivity index (χ2n) is 6.63. The van der Waals surface area contributed by atoms with E-state index in [0.29, 0.717) is 6.54 Å². The minimum atomic E-state index is -4.49. The van der Waals surface area contributed by atoms with Crippen molar-refractivity contribution in [2.75, 3.05) is 19.7 Å². The Hall–Kier alpha value is -2.84. The van der Waals surface area contributed by atoms with Crippen LogP contribution in [0.25, 0.3) is 0 Å². The van der Waals surface area contributed by atoms with Crippen molar-refractivity contribution in [2.24, 2.45) is 0 Å². The Morgan fingerprint density at radius 1 is 1.03 bits per heavy atom. The summed E-state index contributed by atoms with van der Waals surface area (Å²) >= 11 is 0. The number of amides is 2. The van der Waals surface area contributed by atoms with E-state index in [0.717, 1.165) is 49.9 Å². The summed E-state index contributed by atoms with van der Waals surface area (Å²) < 4.78 is 42.3. The molecule has 1 aromatic rings. The SMILES string of the molecule is O=C(COC(=O)CNC(=O)c1ccc(C(F)(F)F)cc1)NCCC1=CCCCC1. The molecule has 0 bridgehead atoms. The van der Waals surface area contributed by atoms with Gasteiger partial charge in [-0.15, -0.1) is 0 Å². The maximum absolute atomic E-state index is 12.5. The Morgan fingerprint density at radius 2 is 1.76 bits per heavy atom. The van der Waals surface area contributed by atoms with Crippen LogP contribution in [0.5, 0.6) is 0 Å². The smallest absolute Gasteiger partial charge is 0.416 e. The van der Waals surface area contributed by atoms with Crippen LogP contribution in [0.4, 0.5) is 13.2 Å². The van der Waals surface area contributed by atoms with Crippen LogP contribution in [-0.4, -0.2) is 37.5 Å². The predicted molar refractivity (Wildman–Crippen MR) is 98.9 cm³/mol. The number of ether oxygens (including phenoxy) is 1. The summed E-state index contributed by atoms with van der Waals surface area (Å²) in [5, 5.41) is 4.89. The van der Waals surface area contributed by atoms with Crippen molar-refractivity contribution in [3.8, 4) is 0 Å². The molecule has 0 aromatic heterocycles. The molecular weight excluding hydrogens is 389 g/mol. The second kappa shape index (κ2) is 10.6. The molecule has 0 fully saturated rings. The highest BCUT2D eigenvalue weighted by Gasteiger charge is 2.30. The van der Waals surface area contributed by atoms with Crippen LogP contribution < -0.4 is 10.6 Å². The van der Waals surface area contributed by atoms with Gasteiger partial charge in [0.05, 0.1) is 5.56 Å². The normalized spacial score (nSPS) is 14.0. The second-order valence-corrected chi connectivity index (χ2v) is 6.63. The van der Waals surface area contributed by atoms with Gasteiger partial charge in [-0.2, -0.15) is 13.2 Å². The average molecular weight is 412 g/mol. The fraction of sp³-hybridized carbons (Fsp3) is 0.450. The lowest BCUT2D eigenvalue weighted by atomic mass is 9.97. The van der Waals surface area contributed by atoms with Crippen LogP contribution in [0.15, 0.2) is 35.9 Å². The highest BCUT2D eigenvalue weighted by molar-refractivity contribution is 5.96. The number of carbonyl (C=O) groups is 3. The fourth-order valence-electron chi connectivity index (χ4n) is 2.81. The molecule has 0 saturated heterocycles. The highest BCUT2D eigenvalue weighted by Crippen LogP contribution is 2.29. The molecule has 158 valence electrons. The first kappa shape index (κ1) is 22.4. The number of hydrogen-bond donors (Lipinski definition) is 2. The van der Waals surface area contributed by atoms with Gasteiger partial charge in [-0.05, 0) is 56.4 Å². The highest BCUT2D eigenvalue weighted by atomic mass is 19.4. The van der Waals surface area contributed by atoms with E-state index >= 15 is 0 Å². The fourth-order valence-corrected chi connectivity index (χ4v) is 2.81. The molecule has 0 saturated carbocycles. The van der Waals surface area contributed by atoms with Crippen LogP contribution in [-0.2, 0) is 20.5 Å². The summed E-state index contributed by atoms with van der Waals surface area (Å²) in [5.74, 6) is -1.99. The average Bonchev–Trinajstić information content (AvgIpc) is 2.70. The number of hydrogen-bond acceptors (Lipinski definition) is 4. The molecule has 0 heterocycles. The molecule has 6 nitrogen and oxygen atoms in total. The van der Waals surface area contributed by atoms with Crippen LogP contribution >= 0.6 is 0 Å². The molecule has 0 unspecified atom stereocenters. The molecule has 2 N–H and O–H groups in total. The Kier molecular flexibility index (Phi) is 8.23. The number of esters is 1. The third-order valence-corrected chi connectivity index (χ3v) is 4.39. The monoisotopic (exact) mass is 412 g/mol. The summed E-state index contributed by atoms with van der Waals surface area (Å²) in [5.41, 5.74) is 0.416. The van der Waals surface area contributed by atoms with E-state index in [4.69, 9.17) is 4.74 Å². The van der Waals surface area contributed by atoms with E-state index in [1.807, 2.05) is 0 Å². The first-order valence-corrected chi connectivity index (χ1v) is 9.31. The Labute approximate surface area is 166 Å². The third kappa shape index (κ3) is 7.97. The van der Waals surface area contributed by atoms with Crippen LogP contribution in [0.2, 0.25) is 0 Å². The number of rotatable bonds is 8. The lowest BCUT2D eigenvalue weighted by molar-refractivity contribution is -0.147. The van der Waals surface area contributed by atoms with E-state index in [2.05, 4.69) is 16.7 Å². The van der Waals surface area contributed by atoms with Crippen molar-refractivity contribution in [3.63, 3.8) is 0 Å². The van der Waals surface area contributed by atoms with Gasteiger partial charge >= 0.3 is 12.1 Å². The molecule has 0 aliphatic heterocycles. The quantitative estimate of drug-likeness (QED) is 0.508. The van der Waals surface area contributed by atoms with Gasteiger partial charge in [0.2, 0.25) is 0 Å². The first-order chi connectivity index (χ1) is 13.8. The molecule has 1 aliphatic carbocycles. The zero-order valence-corrected chi connectivity index (χ0v) is 15.8. The largest absolute Gasteiger partial charge is 0.454 e. The standard InChI is InChI=1S/C20H23F3N2O4/c21-20(22,23)16-8-6-15(7-9-16)19(28)25-12-18(27)29-13-17(26)24-11-10-14-4-2-1-3-5-14/h4,6-9H,1-3,5,10-13H2,(H,24,26)(H,25,28). The van der Waals surface area contributed by atoms with E-state index in [1.165, 1.54) is 12.0 Å². The number of halogens is 3. The van der Waals surface area contributed by atoms with E-state index in [-0.39, 0.29) is 5.56 Å². The molecule has 1 aliphatic rings. The Balaban J connectivity index is 1.64. The number of allylic oxidation sites excluding steroid dienone is 1. The third-order valence-electron chi connectivity index (χ3n) is 4.39. The lowest BCUT2D eigenvalue weighted by Gasteiger charge is -2.13. The minimum absolute atomic E-state index is 0.0273. The van der Waals surface area contributed by atoms with Gasteiger partial charge < -0.3 is 15.4 Å². The zero-order chi connectivity index (χ0) is 21.3. The van der Waals surface area contributed by atoms with Gasteiger partial charge in [0.25, 0.3) is 11.8 Å². The zero-order valence-electron chi connectivity index (χ0n) is 15.8. The minimum Gasteiger partial charge on any atom is -0.454 e. The maximum atomic E-state index is 12.5. The van der Waals surface area contributed by atoms with Gasteiger partial charge in [0.15, 0.2) is 6.61 Å². The Bertz CT molecular complexity index is 758. The van der Waals surface area contributed by atoms with E-state index < -0.39 is 42.7 Å². The summed E-state index contributed by atoms with van der Waals surface area (Å²) in [7, 11) is 0. The number of nitrogens with one attached hydrogen (secondary N) is 2. The molecule has 2 amide bonds. The van der Waals surface area contributed by atoms with Gasteiger partial charge in [0, 0.05) is 12.1 Å². The molecule has 0 atom stereocenters. The molecule has 0 radical (unpaired) electrons. The summed E-state index contributed by atoms with van der Waals surface area (Å²) in [6, 6.07) is 3.58. The molecule has 1 aromatic carbocycles. The topological polar surface area (TPSA) is 84.5 Å². The van der Waals surface area contributed by atoms with Crippen molar-refractivity contribution in [1.29, 1.82) is 0 Å². The van der Waals surface area contributed by atoms with Gasteiger partial charge in [-0.1, -0.05) is 11.6 Å². The van der Waals surface area contributed by atoms with Gasteiger partial charge in [-0.25, -0.2) is 0 Å². The molecule has 9 heteroatoms. The maximum Gasteiger partial charge on any atom is 0.416 e. The van der Waals surface area contributed by atoms with Crippen LogP contribution in [0.1, 0.15) is 48.0 Å². The Morgan fingerprint density at radius 3 is 2.38 bits per heavy atom. The van der Waals surface area contributed by atoms with Gasteiger partial charge in [0.1, 0.15) is 6.54 Å². The van der Waals surface area contributed by atoms with E-state index in [1.54, 1.807) is 0 Å².